The van der Waals surface area contributed by atoms with E-state index >= 15 is 0 Å². The number of nitrogens with one attached hydrogen (secondary N) is 1. The predicted octanol–water partition coefficient (Wildman–Crippen LogP) is 2.30. The summed E-state index contributed by atoms with van der Waals surface area (Å²) in [6.07, 6.45) is 5.47. The maximum Gasteiger partial charge on any atom is 0.239 e. The van der Waals surface area contributed by atoms with E-state index in [4.69, 9.17) is 9.79 Å². The van der Waals surface area contributed by atoms with Crippen LogP contribution in [0.5, 0.6) is 0 Å². The van der Waals surface area contributed by atoms with Gasteiger partial charge in [-0.2, -0.15) is 0 Å². The topological polar surface area (TPSA) is 52.5 Å². The summed E-state index contributed by atoms with van der Waals surface area (Å²) in [5.41, 5.74) is -3.11. The average molecular weight is 259 g/mol. The van der Waals surface area contributed by atoms with E-state index in [0.29, 0.717) is 0 Å². The van der Waals surface area contributed by atoms with Crippen molar-refractivity contribution in [1.29, 1.82) is 0 Å². The Balaban J connectivity index is 0. The van der Waals surface area contributed by atoms with Gasteiger partial charge in [0, 0.05) is 0 Å². The van der Waals surface area contributed by atoms with Crippen LogP contribution in [0.2, 0.25) is 0 Å². The Morgan fingerprint density at radius 3 is 2.07 bits per heavy atom. The van der Waals surface area contributed by atoms with Gasteiger partial charge in [0.25, 0.3) is 0 Å². The molecule has 0 aliphatic rings. The second-order valence-electron chi connectivity index (χ2n) is 2.93. The summed E-state index contributed by atoms with van der Waals surface area (Å²) in [6.45, 7) is 6.72. The van der Waals surface area contributed by atoms with Gasteiger partial charge in [-0.05, 0) is 31.3 Å². The zero-order valence-corrected chi connectivity index (χ0v) is 11.5. The Bertz CT molecular complexity index is 138. The quantitative estimate of drug-likeness (QED) is 0.336. The number of unbranched alkanes of at least 4 members (excludes halogenated alkanes) is 3. The van der Waals surface area contributed by atoms with Crippen LogP contribution in [0.3, 0.4) is 0 Å². The van der Waals surface area contributed by atoms with Gasteiger partial charge in [-0.3, -0.25) is 0 Å². The molecule has 0 heterocycles. The minimum absolute atomic E-state index is 1.12. The first-order valence-corrected chi connectivity index (χ1v) is 8.76. The molecule has 14 heavy (non-hydrogen) atoms. The Labute approximate surface area is 97.6 Å². The maximum absolute atomic E-state index is 7.87. The molecule has 0 bridgehead atoms. The molecule has 6 heteroatoms. The number of rotatable bonds is 6. The standard InChI is InChI=1S/C8H19N.H3O2PS2/c1-3-5-6-7-8-9-4-2;1-3(2,4)5/h9H,3-8H2,1-2H3;(H3,1,2,4,5). The third-order valence-corrected chi connectivity index (χ3v) is 1.46. The molecule has 0 spiro atoms. The van der Waals surface area contributed by atoms with Gasteiger partial charge in [-0.25, -0.2) is 0 Å². The van der Waals surface area contributed by atoms with E-state index in [1.165, 1.54) is 32.2 Å². The summed E-state index contributed by atoms with van der Waals surface area (Å²) in [4.78, 5) is 15.7. The van der Waals surface area contributed by atoms with Gasteiger partial charge < -0.3 is 15.1 Å². The molecule has 0 radical (unpaired) electrons. The highest BCUT2D eigenvalue weighted by molar-refractivity contribution is 8.59. The highest BCUT2D eigenvalue weighted by Crippen LogP contribution is 2.39. The molecular weight excluding hydrogens is 237 g/mol. The minimum Gasteiger partial charge on any atom is -0.338 e. The van der Waals surface area contributed by atoms with Crippen molar-refractivity contribution in [3.8, 4) is 0 Å². The second kappa shape index (κ2) is 12.0. The molecule has 88 valence electrons. The van der Waals surface area contributed by atoms with E-state index in [0.717, 1.165) is 6.54 Å². The van der Waals surface area contributed by atoms with E-state index in [-0.39, 0.29) is 0 Å². The summed E-state index contributed by atoms with van der Waals surface area (Å²) in [6, 6.07) is 0. The Hall–Kier alpha value is 0.880. The minimum atomic E-state index is -3.11. The monoisotopic (exact) mass is 259 g/mol. The molecule has 0 fully saturated rings. The van der Waals surface area contributed by atoms with Gasteiger partial charge in [0.15, 0.2) is 0 Å². The fraction of sp³-hybridized carbons (Fsp3) is 1.00. The summed E-state index contributed by atoms with van der Waals surface area (Å²) >= 11 is 7.07. The van der Waals surface area contributed by atoms with Crippen molar-refractivity contribution in [2.45, 2.75) is 39.5 Å². The second-order valence-corrected chi connectivity index (χ2v) is 7.97. The van der Waals surface area contributed by atoms with E-state index in [9.17, 15) is 0 Å². The van der Waals surface area contributed by atoms with Crippen molar-refractivity contribution in [2.24, 2.45) is 0 Å². The lowest BCUT2D eigenvalue weighted by Crippen LogP contribution is -2.13. The molecule has 0 saturated heterocycles. The van der Waals surface area contributed by atoms with Gasteiger partial charge in [-0.15, -0.1) is 0 Å². The van der Waals surface area contributed by atoms with Gasteiger partial charge >= 0.3 is 0 Å². The van der Waals surface area contributed by atoms with Crippen LogP contribution in [-0.4, -0.2) is 22.9 Å². The molecule has 0 aromatic rings. The van der Waals surface area contributed by atoms with Crippen molar-refractivity contribution in [3.05, 3.63) is 0 Å². The van der Waals surface area contributed by atoms with Crippen LogP contribution in [0, 0.1) is 0 Å². The van der Waals surface area contributed by atoms with Gasteiger partial charge in [-0.1, -0.05) is 45.4 Å². The normalized spacial score (nSPS) is 10.6. The third-order valence-electron chi connectivity index (χ3n) is 1.46. The summed E-state index contributed by atoms with van der Waals surface area (Å²) in [7, 11) is 0. The van der Waals surface area contributed by atoms with Crippen molar-refractivity contribution in [1.82, 2.24) is 5.32 Å². The largest absolute Gasteiger partial charge is 0.338 e. The molecule has 0 saturated carbocycles. The molecule has 3 nitrogen and oxygen atoms in total. The molecule has 0 atom stereocenters. The lowest BCUT2D eigenvalue weighted by molar-refractivity contribution is 0.503. The SMILES string of the molecule is CCCCCCNCC.OP(O)(=S)S. The van der Waals surface area contributed by atoms with E-state index in [1.54, 1.807) is 0 Å². The lowest BCUT2D eigenvalue weighted by Gasteiger charge is -1.98. The fourth-order valence-corrected chi connectivity index (χ4v) is 0.854. The molecule has 0 aliphatic carbocycles. The van der Waals surface area contributed by atoms with Crippen LogP contribution in [0.4, 0.5) is 0 Å². The Kier molecular flexibility index (Phi) is 14.8. The molecular formula is C8H22NO2PS2. The van der Waals surface area contributed by atoms with E-state index in [2.05, 4.69) is 43.2 Å². The van der Waals surface area contributed by atoms with Crippen LogP contribution in [0.1, 0.15) is 39.5 Å². The van der Waals surface area contributed by atoms with Gasteiger partial charge in [0.1, 0.15) is 0 Å². The first-order chi connectivity index (χ1) is 6.41. The molecule has 3 N–H and O–H groups in total. The van der Waals surface area contributed by atoms with E-state index in [1.807, 2.05) is 0 Å². The zero-order valence-electron chi connectivity index (χ0n) is 8.94. The first-order valence-electron chi connectivity index (χ1n) is 4.90. The Morgan fingerprint density at radius 1 is 1.21 bits per heavy atom. The third kappa shape index (κ3) is 38.4. The predicted molar refractivity (Wildman–Crippen MR) is 70.4 cm³/mol. The highest BCUT2D eigenvalue weighted by Gasteiger charge is 1.90. The van der Waals surface area contributed by atoms with Gasteiger partial charge in [0.2, 0.25) is 5.69 Å². The van der Waals surface area contributed by atoms with Crippen molar-refractivity contribution in [2.75, 3.05) is 13.1 Å². The van der Waals surface area contributed by atoms with Crippen LogP contribution in [0.15, 0.2) is 0 Å². The van der Waals surface area contributed by atoms with Gasteiger partial charge in [0.05, 0.1) is 0 Å². The summed E-state index contributed by atoms with van der Waals surface area (Å²) in [5, 5.41) is 3.31. The molecule has 0 unspecified atom stereocenters. The number of thiol groups is 1. The summed E-state index contributed by atoms with van der Waals surface area (Å²) < 4.78 is 0. The molecule has 0 aromatic carbocycles. The zero-order chi connectivity index (χ0) is 11.4. The molecule has 0 amide bonds. The highest BCUT2D eigenvalue weighted by atomic mass is 32.9. The molecule has 0 rings (SSSR count). The van der Waals surface area contributed by atoms with Crippen molar-refractivity contribution >= 4 is 29.7 Å². The van der Waals surface area contributed by atoms with Crippen LogP contribution >= 0.6 is 17.9 Å². The number of hydrogen-bond acceptors (Lipinski definition) is 2. The average Bonchev–Trinajstić information content (AvgIpc) is 2.01. The number of hydrogen-bond donors (Lipinski definition) is 4. The van der Waals surface area contributed by atoms with Crippen LogP contribution in [0.25, 0.3) is 0 Å². The van der Waals surface area contributed by atoms with Crippen LogP contribution in [-0.2, 0) is 11.8 Å². The van der Waals surface area contributed by atoms with Crippen molar-refractivity contribution in [3.63, 3.8) is 0 Å². The smallest absolute Gasteiger partial charge is 0.239 e. The lowest BCUT2D eigenvalue weighted by atomic mass is 10.2. The first kappa shape index (κ1) is 17.3. The Morgan fingerprint density at radius 2 is 1.71 bits per heavy atom. The van der Waals surface area contributed by atoms with Crippen molar-refractivity contribution < 1.29 is 9.79 Å². The van der Waals surface area contributed by atoms with E-state index < -0.39 is 5.69 Å². The van der Waals surface area contributed by atoms with Crippen LogP contribution < -0.4 is 5.32 Å². The maximum atomic E-state index is 7.87. The molecule has 0 aromatic heterocycles. The fourth-order valence-electron chi connectivity index (χ4n) is 0.854. The summed E-state index contributed by atoms with van der Waals surface area (Å²) in [5.74, 6) is 0. The molecule has 0 aliphatic heterocycles.